The lowest BCUT2D eigenvalue weighted by Crippen LogP contribution is -2.13. The van der Waals surface area contributed by atoms with Crippen LogP contribution in [0.4, 0.5) is 5.82 Å². The summed E-state index contributed by atoms with van der Waals surface area (Å²) in [5.74, 6) is -0.00177. The number of nitrogens with one attached hydrogen (secondary N) is 2. The fourth-order valence-corrected chi connectivity index (χ4v) is 2.13. The van der Waals surface area contributed by atoms with Gasteiger partial charge in [0, 0.05) is 17.9 Å². The zero-order valence-corrected chi connectivity index (χ0v) is 11.0. The van der Waals surface area contributed by atoms with E-state index in [9.17, 15) is 9.59 Å². The highest BCUT2D eigenvalue weighted by Crippen LogP contribution is 2.11. The fourth-order valence-electron chi connectivity index (χ4n) is 1.42. The van der Waals surface area contributed by atoms with Gasteiger partial charge in [0.05, 0.1) is 6.54 Å². The van der Waals surface area contributed by atoms with Crippen LogP contribution in [-0.2, 0) is 13.0 Å². The minimum absolute atomic E-state index is 0.0231. The minimum atomic E-state index is -1.05. The molecular formula is C11H12N4O3S. The fraction of sp³-hybridized carbons (Fsp3) is 0.273. The van der Waals surface area contributed by atoms with E-state index in [1.54, 1.807) is 0 Å². The first-order valence-corrected chi connectivity index (χ1v) is 6.48. The van der Waals surface area contributed by atoms with Gasteiger partial charge in [0.2, 0.25) is 0 Å². The van der Waals surface area contributed by atoms with Gasteiger partial charge >= 0.3 is 5.97 Å². The monoisotopic (exact) mass is 280 g/mol. The molecule has 2 heterocycles. The first-order valence-electron chi connectivity index (χ1n) is 5.60. The third-order valence-corrected chi connectivity index (χ3v) is 3.17. The maximum absolute atomic E-state index is 11.3. The number of carboxylic acid groups (broad SMARTS) is 1. The molecule has 0 saturated carbocycles. The zero-order valence-electron chi connectivity index (χ0n) is 10.1. The molecule has 0 unspecified atom stereocenters. The Morgan fingerprint density at radius 2 is 2.32 bits per heavy atom. The third kappa shape index (κ3) is 3.38. The Labute approximate surface area is 112 Å². The molecule has 2 aromatic heterocycles. The Bertz CT molecular complexity index is 649. The first-order chi connectivity index (χ1) is 9.08. The van der Waals surface area contributed by atoms with Crippen LogP contribution < -0.4 is 10.9 Å². The van der Waals surface area contributed by atoms with Gasteiger partial charge in [0.25, 0.3) is 5.56 Å². The molecule has 19 heavy (non-hydrogen) atoms. The number of nitrogens with zero attached hydrogens (tertiary/aromatic N) is 2. The van der Waals surface area contributed by atoms with Crippen LogP contribution in [0.3, 0.4) is 0 Å². The van der Waals surface area contributed by atoms with Crippen LogP contribution >= 0.6 is 11.3 Å². The summed E-state index contributed by atoms with van der Waals surface area (Å²) in [4.78, 5) is 32.8. The average Bonchev–Trinajstić information content (AvgIpc) is 2.84. The van der Waals surface area contributed by atoms with Gasteiger partial charge in [0.1, 0.15) is 16.6 Å². The molecule has 7 nitrogen and oxygen atoms in total. The molecule has 0 aliphatic rings. The predicted octanol–water partition coefficient (Wildman–Crippen LogP) is 1.10. The second-order valence-electron chi connectivity index (χ2n) is 3.72. The van der Waals surface area contributed by atoms with Crippen LogP contribution in [0.25, 0.3) is 0 Å². The molecule has 0 amide bonds. The SMILES string of the molecule is CCc1nc(NCc2nc(C(=O)O)cs2)cc(=O)[nH]1. The molecule has 0 radical (unpaired) electrons. The van der Waals surface area contributed by atoms with E-state index < -0.39 is 5.97 Å². The number of hydrogen-bond acceptors (Lipinski definition) is 6. The number of aromatic nitrogens is 3. The number of hydrogen-bond donors (Lipinski definition) is 3. The van der Waals surface area contributed by atoms with Gasteiger partial charge in [-0.1, -0.05) is 6.92 Å². The highest BCUT2D eigenvalue weighted by molar-refractivity contribution is 7.09. The molecule has 2 rings (SSSR count). The molecule has 8 heteroatoms. The molecule has 0 aromatic carbocycles. The van der Waals surface area contributed by atoms with Gasteiger partial charge in [0.15, 0.2) is 5.69 Å². The molecule has 0 aliphatic heterocycles. The van der Waals surface area contributed by atoms with Crippen molar-refractivity contribution in [1.29, 1.82) is 0 Å². The Hall–Kier alpha value is -2.22. The van der Waals surface area contributed by atoms with Crippen LogP contribution in [0, 0.1) is 0 Å². The molecule has 0 saturated heterocycles. The summed E-state index contributed by atoms with van der Waals surface area (Å²) in [6, 6.07) is 1.35. The number of rotatable bonds is 5. The molecule has 100 valence electrons. The highest BCUT2D eigenvalue weighted by Gasteiger charge is 2.08. The number of carbonyl (C=O) groups is 1. The largest absolute Gasteiger partial charge is 0.476 e. The van der Waals surface area contributed by atoms with Gasteiger partial charge < -0.3 is 15.4 Å². The quantitative estimate of drug-likeness (QED) is 0.757. The summed E-state index contributed by atoms with van der Waals surface area (Å²) in [7, 11) is 0. The van der Waals surface area contributed by atoms with Crippen LogP contribution in [0.5, 0.6) is 0 Å². The number of aromatic carboxylic acids is 1. The van der Waals surface area contributed by atoms with E-state index in [4.69, 9.17) is 5.11 Å². The van der Waals surface area contributed by atoms with Crippen molar-refractivity contribution in [2.75, 3.05) is 5.32 Å². The van der Waals surface area contributed by atoms with Crippen LogP contribution in [0.15, 0.2) is 16.2 Å². The van der Waals surface area contributed by atoms with Crippen LogP contribution in [0.1, 0.15) is 28.2 Å². The molecule has 0 aliphatic carbocycles. The average molecular weight is 280 g/mol. The first kappa shape index (κ1) is 13.2. The number of aromatic amines is 1. The lowest BCUT2D eigenvalue weighted by Gasteiger charge is -2.04. The molecule has 0 bridgehead atoms. The Morgan fingerprint density at radius 1 is 1.53 bits per heavy atom. The summed E-state index contributed by atoms with van der Waals surface area (Å²) in [5, 5.41) is 13.8. The Kier molecular flexibility index (Phi) is 3.91. The smallest absolute Gasteiger partial charge is 0.355 e. The van der Waals surface area contributed by atoms with Gasteiger partial charge in [-0.2, -0.15) is 0 Å². The number of thiazole rings is 1. The normalized spacial score (nSPS) is 10.4. The minimum Gasteiger partial charge on any atom is -0.476 e. The second kappa shape index (κ2) is 5.61. The van der Waals surface area contributed by atoms with Gasteiger partial charge in [-0.05, 0) is 0 Å². The zero-order chi connectivity index (χ0) is 13.8. The van der Waals surface area contributed by atoms with Gasteiger partial charge in [-0.15, -0.1) is 11.3 Å². The van der Waals surface area contributed by atoms with Crippen molar-refractivity contribution in [2.45, 2.75) is 19.9 Å². The summed E-state index contributed by atoms with van der Waals surface area (Å²) in [5.41, 5.74) is -0.199. The lowest BCUT2D eigenvalue weighted by molar-refractivity contribution is 0.0691. The van der Waals surface area contributed by atoms with Crippen molar-refractivity contribution in [3.05, 3.63) is 38.3 Å². The van der Waals surface area contributed by atoms with E-state index in [0.29, 0.717) is 29.6 Å². The summed E-state index contributed by atoms with van der Waals surface area (Å²) >= 11 is 1.24. The van der Waals surface area contributed by atoms with Crippen molar-refractivity contribution < 1.29 is 9.90 Å². The van der Waals surface area contributed by atoms with E-state index in [1.165, 1.54) is 22.8 Å². The third-order valence-electron chi connectivity index (χ3n) is 2.32. The van der Waals surface area contributed by atoms with E-state index >= 15 is 0 Å². The maximum Gasteiger partial charge on any atom is 0.355 e. The standard InChI is InChI=1S/C11H12N4O3S/c1-2-7-14-8(3-9(16)15-7)12-4-10-13-6(5-19-10)11(17)18/h3,5H,2,4H2,1H3,(H,17,18)(H2,12,14,15,16). The summed E-state index contributed by atoms with van der Waals surface area (Å²) in [6.45, 7) is 2.22. The van der Waals surface area contributed by atoms with E-state index in [2.05, 4.69) is 20.3 Å². The summed E-state index contributed by atoms with van der Waals surface area (Å²) in [6.07, 6.45) is 0.630. The van der Waals surface area contributed by atoms with E-state index in [-0.39, 0.29) is 11.3 Å². The highest BCUT2D eigenvalue weighted by atomic mass is 32.1. The Balaban J connectivity index is 2.07. The van der Waals surface area contributed by atoms with Gasteiger partial charge in [-0.25, -0.2) is 14.8 Å². The topological polar surface area (TPSA) is 108 Å². The van der Waals surface area contributed by atoms with Crippen molar-refractivity contribution in [2.24, 2.45) is 0 Å². The van der Waals surface area contributed by atoms with Crippen LogP contribution in [-0.4, -0.2) is 26.0 Å². The van der Waals surface area contributed by atoms with Crippen molar-refractivity contribution in [3.8, 4) is 0 Å². The maximum atomic E-state index is 11.3. The van der Waals surface area contributed by atoms with Gasteiger partial charge in [-0.3, -0.25) is 4.79 Å². The van der Waals surface area contributed by atoms with Crippen molar-refractivity contribution in [3.63, 3.8) is 0 Å². The number of H-pyrrole nitrogens is 1. The Morgan fingerprint density at radius 3 is 2.95 bits per heavy atom. The van der Waals surface area contributed by atoms with Crippen LogP contribution in [0.2, 0.25) is 0 Å². The molecule has 0 spiro atoms. The molecule has 0 fully saturated rings. The van der Waals surface area contributed by atoms with Crippen molar-refractivity contribution in [1.82, 2.24) is 15.0 Å². The molecule has 0 atom stereocenters. The molecule has 3 N–H and O–H groups in total. The number of anilines is 1. The number of aryl methyl sites for hydroxylation is 1. The van der Waals surface area contributed by atoms with E-state index in [0.717, 1.165) is 0 Å². The van der Waals surface area contributed by atoms with E-state index in [1.807, 2.05) is 6.92 Å². The molecular weight excluding hydrogens is 268 g/mol. The second-order valence-corrected chi connectivity index (χ2v) is 4.66. The number of carboxylic acids is 1. The molecule has 2 aromatic rings. The van der Waals surface area contributed by atoms with Crippen molar-refractivity contribution >= 4 is 23.1 Å². The lowest BCUT2D eigenvalue weighted by atomic mass is 10.4. The predicted molar refractivity (Wildman–Crippen MR) is 70.6 cm³/mol. The summed E-state index contributed by atoms with van der Waals surface area (Å²) < 4.78 is 0.